The van der Waals surface area contributed by atoms with Crippen molar-refractivity contribution in [3.05, 3.63) is 29.8 Å². The number of thioether (sulfide) groups is 1. The third-order valence-corrected chi connectivity index (χ3v) is 3.22. The Bertz CT molecular complexity index is 363. The summed E-state index contributed by atoms with van der Waals surface area (Å²) in [6.07, 6.45) is 1.55. The first-order chi connectivity index (χ1) is 7.20. The fourth-order valence-corrected chi connectivity index (χ4v) is 2.07. The van der Waals surface area contributed by atoms with Gasteiger partial charge in [0.05, 0.1) is 6.04 Å². The molecule has 4 heteroatoms. The minimum Gasteiger partial charge on any atom is -0.439 e. The molecule has 1 heterocycles. The number of cyclic esters (lactones) is 1. The van der Waals surface area contributed by atoms with Crippen LogP contribution in [0.25, 0.3) is 0 Å². The number of hydrogen-bond acceptors (Lipinski definition) is 3. The number of nitrogens with one attached hydrogen (secondary N) is 1. The van der Waals surface area contributed by atoms with Crippen LogP contribution in [0.1, 0.15) is 18.6 Å². The van der Waals surface area contributed by atoms with Crippen molar-refractivity contribution in [2.45, 2.75) is 24.0 Å². The first-order valence-electron chi connectivity index (χ1n) is 4.82. The van der Waals surface area contributed by atoms with Crippen LogP contribution in [0, 0.1) is 0 Å². The van der Waals surface area contributed by atoms with Gasteiger partial charge in [-0.3, -0.25) is 0 Å². The molecule has 1 fully saturated rings. The number of rotatable bonds is 2. The standard InChI is InChI=1S/C11H13NO2S/c1-7-10(14-11(13)12-7)8-3-5-9(15-2)6-4-8/h3-7,10H,1-2H3,(H,12,13)/t7-,10+/m1/s1. The van der Waals surface area contributed by atoms with Crippen LogP contribution >= 0.6 is 11.8 Å². The van der Waals surface area contributed by atoms with Gasteiger partial charge in [0.25, 0.3) is 0 Å². The number of carbonyl (C=O) groups excluding carboxylic acids is 1. The number of amides is 1. The quantitative estimate of drug-likeness (QED) is 0.783. The Morgan fingerprint density at radius 3 is 2.47 bits per heavy atom. The lowest BCUT2D eigenvalue weighted by Gasteiger charge is -2.13. The van der Waals surface area contributed by atoms with E-state index in [2.05, 4.69) is 5.32 Å². The Balaban J connectivity index is 2.19. The van der Waals surface area contributed by atoms with Gasteiger partial charge in [-0.15, -0.1) is 11.8 Å². The predicted molar refractivity (Wildman–Crippen MR) is 60.0 cm³/mol. The highest BCUT2D eigenvalue weighted by atomic mass is 32.2. The molecule has 2 atom stereocenters. The van der Waals surface area contributed by atoms with Crippen molar-refractivity contribution in [1.82, 2.24) is 5.32 Å². The van der Waals surface area contributed by atoms with Crippen molar-refractivity contribution in [1.29, 1.82) is 0 Å². The molecule has 0 bridgehead atoms. The zero-order chi connectivity index (χ0) is 10.8. The molecule has 15 heavy (non-hydrogen) atoms. The van der Waals surface area contributed by atoms with Gasteiger partial charge in [-0.2, -0.15) is 0 Å². The molecule has 3 nitrogen and oxygen atoms in total. The molecule has 1 aliphatic rings. The largest absolute Gasteiger partial charge is 0.439 e. The van der Waals surface area contributed by atoms with E-state index in [4.69, 9.17) is 4.74 Å². The van der Waals surface area contributed by atoms with Gasteiger partial charge in [-0.05, 0) is 30.9 Å². The number of alkyl carbamates (subject to hydrolysis) is 1. The lowest BCUT2D eigenvalue weighted by molar-refractivity contribution is 0.134. The summed E-state index contributed by atoms with van der Waals surface area (Å²) in [6, 6.07) is 8.14. The van der Waals surface area contributed by atoms with Crippen LogP contribution in [0.2, 0.25) is 0 Å². The van der Waals surface area contributed by atoms with E-state index < -0.39 is 0 Å². The second-order valence-corrected chi connectivity index (χ2v) is 4.41. The van der Waals surface area contributed by atoms with Crippen molar-refractivity contribution >= 4 is 17.9 Å². The number of ether oxygens (including phenoxy) is 1. The van der Waals surface area contributed by atoms with E-state index >= 15 is 0 Å². The van der Waals surface area contributed by atoms with Gasteiger partial charge in [0.1, 0.15) is 6.10 Å². The molecular formula is C11H13NO2S. The van der Waals surface area contributed by atoms with Crippen LogP contribution in [-0.4, -0.2) is 18.4 Å². The van der Waals surface area contributed by atoms with Crippen molar-refractivity contribution in [2.75, 3.05) is 6.26 Å². The van der Waals surface area contributed by atoms with Gasteiger partial charge in [0.2, 0.25) is 0 Å². The third kappa shape index (κ3) is 2.09. The van der Waals surface area contributed by atoms with Crippen molar-refractivity contribution < 1.29 is 9.53 Å². The maximum atomic E-state index is 11.0. The second kappa shape index (κ2) is 4.14. The fourth-order valence-electron chi connectivity index (χ4n) is 1.66. The molecule has 0 spiro atoms. The summed E-state index contributed by atoms with van der Waals surface area (Å²) in [4.78, 5) is 12.2. The van der Waals surface area contributed by atoms with Gasteiger partial charge in [-0.25, -0.2) is 4.79 Å². The van der Waals surface area contributed by atoms with Crippen LogP contribution in [-0.2, 0) is 4.74 Å². The molecule has 1 aromatic rings. The van der Waals surface area contributed by atoms with E-state index in [-0.39, 0.29) is 18.2 Å². The van der Waals surface area contributed by atoms with E-state index in [1.165, 1.54) is 4.90 Å². The van der Waals surface area contributed by atoms with Crippen molar-refractivity contribution in [2.24, 2.45) is 0 Å². The van der Waals surface area contributed by atoms with Crippen LogP contribution in [0.5, 0.6) is 0 Å². The van der Waals surface area contributed by atoms with Gasteiger partial charge < -0.3 is 10.1 Å². The molecule has 80 valence electrons. The fraction of sp³-hybridized carbons (Fsp3) is 0.364. The Labute approximate surface area is 93.2 Å². The zero-order valence-corrected chi connectivity index (χ0v) is 9.51. The smallest absolute Gasteiger partial charge is 0.408 e. The molecule has 1 N–H and O–H groups in total. The normalized spacial score (nSPS) is 24.8. The maximum absolute atomic E-state index is 11.0. The van der Waals surface area contributed by atoms with Crippen LogP contribution in [0.3, 0.4) is 0 Å². The predicted octanol–water partition coefficient (Wildman–Crippen LogP) is 2.58. The van der Waals surface area contributed by atoms with Crippen LogP contribution in [0.4, 0.5) is 4.79 Å². The summed E-state index contributed by atoms with van der Waals surface area (Å²) in [5, 5.41) is 2.73. The molecule has 1 aliphatic heterocycles. The topological polar surface area (TPSA) is 38.3 Å². The van der Waals surface area contributed by atoms with Gasteiger partial charge in [-0.1, -0.05) is 12.1 Å². The molecule has 0 unspecified atom stereocenters. The minimum absolute atomic E-state index is 0.0395. The monoisotopic (exact) mass is 223 g/mol. The number of benzene rings is 1. The first-order valence-corrected chi connectivity index (χ1v) is 6.04. The first kappa shape index (κ1) is 10.4. The Morgan fingerprint density at radius 1 is 1.33 bits per heavy atom. The third-order valence-electron chi connectivity index (χ3n) is 2.48. The van der Waals surface area contributed by atoms with E-state index in [1.54, 1.807) is 11.8 Å². The van der Waals surface area contributed by atoms with E-state index in [1.807, 2.05) is 37.4 Å². The van der Waals surface area contributed by atoms with E-state index in [0.29, 0.717) is 0 Å². The minimum atomic E-state index is -0.332. The van der Waals surface area contributed by atoms with Gasteiger partial charge in [0.15, 0.2) is 0 Å². The maximum Gasteiger partial charge on any atom is 0.408 e. The molecule has 0 radical (unpaired) electrons. The average Bonchev–Trinajstić information content (AvgIpc) is 2.58. The SMILES string of the molecule is CSc1ccc([C@H]2OC(=O)N[C@@H]2C)cc1. The highest BCUT2D eigenvalue weighted by Crippen LogP contribution is 2.27. The van der Waals surface area contributed by atoms with Crippen LogP contribution < -0.4 is 5.32 Å². The van der Waals surface area contributed by atoms with Crippen molar-refractivity contribution in [3.8, 4) is 0 Å². The summed E-state index contributed by atoms with van der Waals surface area (Å²) >= 11 is 1.70. The summed E-state index contributed by atoms with van der Waals surface area (Å²) < 4.78 is 5.18. The molecule has 1 aromatic carbocycles. The zero-order valence-electron chi connectivity index (χ0n) is 8.69. The molecule has 0 aliphatic carbocycles. The van der Waals surface area contributed by atoms with Gasteiger partial charge >= 0.3 is 6.09 Å². The second-order valence-electron chi connectivity index (χ2n) is 3.53. The lowest BCUT2D eigenvalue weighted by Crippen LogP contribution is -2.23. The highest BCUT2D eigenvalue weighted by Gasteiger charge is 2.31. The number of carbonyl (C=O) groups is 1. The Morgan fingerprint density at radius 2 is 2.00 bits per heavy atom. The summed E-state index contributed by atoms with van der Waals surface area (Å²) in [7, 11) is 0. The Kier molecular flexibility index (Phi) is 2.86. The Hall–Kier alpha value is -1.16. The highest BCUT2D eigenvalue weighted by molar-refractivity contribution is 7.98. The van der Waals surface area contributed by atoms with Gasteiger partial charge in [0, 0.05) is 4.90 Å². The number of hydrogen-bond donors (Lipinski definition) is 1. The average molecular weight is 223 g/mol. The molecule has 2 rings (SSSR count). The molecule has 0 saturated carbocycles. The summed E-state index contributed by atoms with van der Waals surface area (Å²) in [5.74, 6) is 0. The lowest BCUT2D eigenvalue weighted by atomic mass is 10.0. The molecule has 0 aromatic heterocycles. The van der Waals surface area contributed by atoms with E-state index in [9.17, 15) is 4.79 Å². The van der Waals surface area contributed by atoms with Crippen molar-refractivity contribution in [3.63, 3.8) is 0 Å². The summed E-state index contributed by atoms with van der Waals surface area (Å²) in [6.45, 7) is 1.94. The van der Waals surface area contributed by atoms with E-state index in [0.717, 1.165) is 5.56 Å². The molecular weight excluding hydrogens is 210 g/mol. The molecule has 1 amide bonds. The summed E-state index contributed by atoms with van der Waals surface area (Å²) in [5.41, 5.74) is 1.04. The van der Waals surface area contributed by atoms with Crippen LogP contribution in [0.15, 0.2) is 29.2 Å². The molecule has 1 saturated heterocycles.